The molecule has 0 saturated carbocycles. The van der Waals surface area contributed by atoms with Gasteiger partial charge in [-0.15, -0.1) is 0 Å². The van der Waals surface area contributed by atoms with E-state index in [2.05, 4.69) is 16.5 Å². The van der Waals surface area contributed by atoms with Crippen LogP contribution in [0.4, 0.5) is 0 Å². The molecule has 0 amide bonds. The zero-order valence-corrected chi connectivity index (χ0v) is 9.40. The Bertz CT molecular complexity index is 307. The molecule has 0 atom stereocenters. The van der Waals surface area contributed by atoms with E-state index in [0.29, 0.717) is 19.4 Å². The molecule has 4 nitrogen and oxygen atoms in total. The number of esters is 1. The van der Waals surface area contributed by atoms with E-state index in [-0.39, 0.29) is 5.97 Å². The smallest absolute Gasteiger partial charge is 0.306 e. The highest BCUT2D eigenvalue weighted by molar-refractivity contribution is 5.69. The summed E-state index contributed by atoms with van der Waals surface area (Å²) in [5.41, 5.74) is 0. The molecule has 0 unspecified atom stereocenters. The van der Waals surface area contributed by atoms with Gasteiger partial charge in [0, 0.05) is 25.4 Å². The predicted molar refractivity (Wildman–Crippen MR) is 57.5 cm³/mol. The first-order valence-corrected chi connectivity index (χ1v) is 5.43. The van der Waals surface area contributed by atoms with Crippen LogP contribution in [0, 0.1) is 0 Å². The van der Waals surface area contributed by atoms with Gasteiger partial charge < -0.3 is 9.30 Å². The minimum absolute atomic E-state index is 0.149. The van der Waals surface area contributed by atoms with Gasteiger partial charge in [0.05, 0.1) is 13.0 Å². The summed E-state index contributed by atoms with van der Waals surface area (Å²) in [6, 6.07) is 0. The molecule has 4 heteroatoms. The molecule has 0 fully saturated rings. The highest BCUT2D eigenvalue weighted by atomic mass is 16.5. The average molecular weight is 210 g/mol. The summed E-state index contributed by atoms with van der Waals surface area (Å²) >= 11 is 0. The highest BCUT2D eigenvalue weighted by Gasteiger charge is 2.06. The first-order valence-electron chi connectivity index (χ1n) is 5.43. The minimum Gasteiger partial charge on any atom is -0.466 e. The number of aromatic nitrogens is 2. The number of aryl methyl sites for hydroxylation is 2. The van der Waals surface area contributed by atoms with Crippen molar-refractivity contribution < 1.29 is 9.53 Å². The zero-order chi connectivity index (χ0) is 11.1. The van der Waals surface area contributed by atoms with E-state index in [4.69, 9.17) is 4.74 Å². The Morgan fingerprint density at radius 3 is 3.00 bits per heavy atom. The first kappa shape index (κ1) is 11.8. The number of hydrogen-bond donors (Lipinski definition) is 0. The Hall–Kier alpha value is -1.32. The van der Waals surface area contributed by atoms with Gasteiger partial charge in [0.15, 0.2) is 0 Å². The van der Waals surface area contributed by atoms with E-state index in [1.54, 1.807) is 6.20 Å². The van der Waals surface area contributed by atoms with Gasteiger partial charge in [0.1, 0.15) is 5.82 Å². The molecule has 84 valence electrons. The summed E-state index contributed by atoms with van der Waals surface area (Å²) in [5.74, 6) is 0.813. The number of nitrogens with zero attached hydrogens (tertiary/aromatic N) is 2. The van der Waals surface area contributed by atoms with Crippen LogP contribution in [0.5, 0.6) is 0 Å². The number of imidazole rings is 1. The van der Waals surface area contributed by atoms with Gasteiger partial charge in [-0.25, -0.2) is 4.98 Å². The van der Waals surface area contributed by atoms with Crippen molar-refractivity contribution in [2.75, 3.05) is 6.61 Å². The third-order valence-electron chi connectivity index (χ3n) is 2.12. The summed E-state index contributed by atoms with van der Waals surface area (Å²) in [5, 5.41) is 0. The zero-order valence-electron chi connectivity index (χ0n) is 9.40. The first-order chi connectivity index (χ1) is 7.27. The SMILES string of the molecule is CCCn1ccnc1CCC(=O)OCC. The molecule has 0 radical (unpaired) electrons. The predicted octanol–water partition coefficient (Wildman–Crippen LogP) is 1.79. The maximum absolute atomic E-state index is 11.1. The van der Waals surface area contributed by atoms with Crippen molar-refractivity contribution in [3.63, 3.8) is 0 Å². The molecule has 1 heterocycles. The van der Waals surface area contributed by atoms with Crippen molar-refractivity contribution in [1.29, 1.82) is 0 Å². The Morgan fingerprint density at radius 1 is 1.53 bits per heavy atom. The summed E-state index contributed by atoms with van der Waals surface area (Å²) in [6.07, 6.45) is 5.86. The Kier molecular flexibility index (Phi) is 4.87. The van der Waals surface area contributed by atoms with Crippen LogP contribution in [0.25, 0.3) is 0 Å². The molecule has 0 spiro atoms. The minimum atomic E-state index is -0.149. The van der Waals surface area contributed by atoms with Crippen molar-refractivity contribution in [2.45, 2.75) is 39.7 Å². The van der Waals surface area contributed by atoms with Crippen molar-refractivity contribution >= 4 is 5.97 Å². The van der Waals surface area contributed by atoms with Crippen molar-refractivity contribution in [3.05, 3.63) is 18.2 Å². The fourth-order valence-corrected chi connectivity index (χ4v) is 1.46. The molecule has 1 aromatic rings. The van der Waals surface area contributed by atoms with Crippen LogP contribution in [-0.2, 0) is 22.5 Å². The molecule has 0 bridgehead atoms. The van der Waals surface area contributed by atoms with Crippen molar-refractivity contribution in [3.8, 4) is 0 Å². The highest BCUT2D eigenvalue weighted by Crippen LogP contribution is 2.03. The third kappa shape index (κ3) is 3.73. The fraction of sp³-hybridized carbons (Fsp3) is 0.636. The van der Waals surface area contributed by atoms with Crippen LogP contribution in [0.15, 0.2) is 12.4 Å². The van der Waals surface area contributed by atoms with Gasteiger partial charge in [0.2, 0.25) is 0 Å². The van der Waals surface area contributed by atoms with Crippen LogP contribution in [0.1, 0.15) is 32.5 Å². The second kappa shape index (κ2) is 6.22. The van der Waals surface area contributed by atoms with Gasteiger partial charge in [-0.05, 0) is 13.3 Å². The number of rotatable bonds is 6. The molecule has 0 aliphatic carbocycles. The summed E-state index contributed by atoms with van der Waals surface area (Å²) in [7, 11) is 0. The maximum Gasteiger partial charge on any atom is 0.306 e. The van der Waals surface area contributed by atoms with Crippen LogP contribution >= 0.6 is 0 Å². The van der Waals surface area contributed by atoms with Gasteiger partial charge in [-0.1, -0.05) is 6.92 Å². The number of carbonyl (C=O) groups is 1. The van der Waals surface area contributed by atoms with Crippen LogP contribution in [0.2, 0.25) is 0 Å². The number of carbonyl (C=O) groups excluding carboxylic acids is 1. The number of hydrogen-bond acceptors (Lipinski definition) is 3. The molecular formula is C11H18N2O2. The summed E-state index contributed by atoms with van der Waals surface area (Å²) < 4.78 is 6.95. The Morgan fingerprint density at radius 2 is 2.33 bits per heavy atom. The lowest BCUT2D eigenvalue weighted by Gasteiger charge is -2.05. The van der Waals surface area contributed by atoms with E-state index < -0.39 is 0 Å². The van der Waals surface area contributed by atoms with E-state index in [9.17, 15) is 4.79 Å². The molecule has 0 aromatic carbocycles. The summed E-state index contributed by atoms with van der Waals surface area (Å²) in [6.45, 7) is 5.34. The Labute approximate surface area is 90.3 Å². The van der Waals surface area contributed by atoms with Crippen LogP contribution < -0.4 is 0 Å². The fourth-order valence-electron chi connectivity index (χ4n) is 1.46. The molecule has 15 heavy (non-hydrogen) atoms. The quantitative estimate of drug-likeness (QED) is 0.672. The molecule has 0 N–H and O–H groups in total. The van der Waals surface area contributed by atoms with E-state index in [1.165, 1.54) is 0 Å². The van der Waals surface area contributed by atoms with E-state index in [0.717, 1.165) is 18.8 Å². The monoisotopic (exact) mass is 210 g/mol. The lowest BCUT2D eigenvalue weighted by Crippen LogP contribution is -2.09. The average Bonchev–Trinajstić information content (AvgIpc) is 2.64. The van der Waals surface area contributed by atoms with Gasteiger partial charge >= 0.3 is 5.97 Å². The molecule has 0 aliphatic rings. The second-order valence-corrected chi connectivity index (χ2v) is 3.34. The van der Waals surface area contributed by atoms with Gasteiger partial charge in [-0.3, -0.25) is 4.79 Å². The van der Waals surface area contributed by atoms with Crippen molar-refractivity contribution in [1.82, 2.24) is 9.55 Å². The lowest BCUT2D eigenvalue weighted by atomic mass is 10.3. The lowest BCUT2D eigenvalue weighted by molar-refractivity contribution is -0.143. The van der Waals surface area contributed by atoms with Gasteiger partial charge in [0.25, 0.3) is 0 Å². The third-order valence-corrected chi connectivity index (χ3v) is 2.12. The molecule has 1 aromatic heterocycles. The van der Waals surface area contributed by atoms with Crippen LogP contribution in [-0.4, -0.2) is 22.1 Å². The molecular weight excluding hydrogens is 192 g/mol. The molecule has 0 saturated heterocycles. The molecule has 0 aliphatic heterocycles. The Balaban J connectivity index is 2.42. The van der Waals surface area contributed by atoms with Crippen molar-refractivity contribution in [2.24, 2.45) is 0 Å². The molecule has 1 rings (SSSR count). The second-order valence-electron chi connectivity index (χ2n) is 3.34. The largest absolute Gasteiger partial charge is 0.466 e. The normalized spacial score (nSPS) is 10.3. The summed E-state index contributed by atoms with van der Waals surface area (Å²) in [4.78, 5) is 15.4. The topological polar surface area (TPSA) is 44.1 Å². The number of ether oxygens (including phenoxy) is 1. The van der Waals surface area contributed by atoms with E-state index >= 15 is 0 Å². The van der Waals surface area contributed by atoms with E-state index in [1.807, 2.05) is 13.1 Å². The maximum atomic E-state index is 11.1. The standard InChI is InChI=1S/C11H18N2O2/c1-3-8-13-9-7-12-10(13)5-6-11(14)15-4-2/h7,9H,3-6,8H2,1-2H3. The van der Waals surface area contributed by atoms with Crippen LogP contribution in [0.3, 0.4) is 0 Å². The van der Waals surface area contributed by atoms with Gasteiger partial charge in [-0.2, -0.15) is 0 Å².